The first-order valence-corrected chi connectivity index (χ1v) is 11.7. The van der Waals surface area contributed by atoms with Crippen LogP contribution in [-0.2, 0) is 21.1 Å². The number of aromatic nitrogens is 2. The molecule has 0 unspecified atom stereocenters. The van der Waals surface area contributed by atoms with Crippen molar-refractivity contribution in [2.75, 3.05) is 12.5 Å². The fourth-order valence-corrected chi connectivity index (χ4v) is 3.89. The average molecular weight is 408 g/mol. The van der Waals surface area contributed by atoms with Gasteiger partial charge in [-0.15, -0.1) is 0 Å². The monoisotopic (exact) mass is 407 g/mol. The lowest BCUT2D eigenvalue weighted by atomic mass is 10.1. The molecule has 0 bridgehead atoms. The number of nitrogens with zero attached hydrogens (tertiary/aromatic N) is 2. The van der Waals surface area contributed by atoms with Gasteiger partial charge in [0.15, 0.2) is 15.0 Å². The summed E-state index contributed by atoms with van der Waals surface area (Å²) in [4.78, 5) is 21.5. The third-order valence-corrected chi connectivity index (χ3v) is 6.05. The Bertz CT molecular complexity index is 903. The van der Waals surface area contributed by atoms with Gasteiger partial charge >= 0.3 is 0 Å². The Balaban J connectivity index is 1.98. The van der Waals surface area contributed by atoms with Gasteiger partial charge in [-0.05, 0) is 56.7 Å². The van der Waals surface area contributed by atoms with Crippen LogP contribution in [0.15, 0.2) is 34.3 Å². The van der Waals surface area contributed by atoms with Crippen molar-refractivity contribution in [3.63, 3.8) is 0 Å². The van der Waals surface area contributed by atoms with Gasteiger partial charge in [-0.2, -0.15) is 0 Å². The Labute approximate surface area is 165 Å². The van der Waals surface area contributed by atoms with Crippen LogP contribution in [0.2, 0.25) is 0 Å². The lowest BCUT2D eigenvalue weighted by molar-refractivity contribution is -0.121. The summed E-state index contributed by atoms with van der Waals surface area (Å²) in [5.41, 5.74) is 3.68. The topological polar surface area (TPSA) is 89.0 Å². The first-order valence-electron chi connectivity index (χ1n) is 8.59. The molecule has 0 saturated heterocycles. The summed E-state index contributed by atoms with van der Waals surface area (Å²) in [5.74, 6) is -0.0672. The minimum Gasteiger partial charge on any atom is -0.350 e. The standard InChI is InChI=1S/C19H25N3O3S2/c1-12(15-6-8-16(9-7-15)27(5,24)25)20-18(23)11-10-17-13(2)21-19(26-4)22-14(17)3/h6-9,12H,10-11H2,1-5H3,(H,20,23)/t12-/m1/s1. The highest BCUT2D eigenvalue weighted by atomic mass is 32.2. The van der Waals surface area contributed by atoms with Crippen LogP contribution in [-0.4, -0.2) is 36.8 Å². The zero-order valence-electron chi connectivity index (χ0n) is 16.2. The van der Waals surface area contributed by atoms with Crippen LogP contribution < -0.4 is 5.32 Å². The van der Waals surface area contributed by atoms with Crippen molar-refractivity contribution in [1.82, 2.24) is 15.3 Å². The maximum atomic E-state index is 12.3. The molecule has 1 heterocycles. The number of sulfone groups is 1. The van der Waals surface area contributed by atoms with Crippen LogP contribution in [0.5, 0.6) is 0 Å². The summed E-state index contributed by atoms with van der Waals surface area (Å²) in [6.07, 6.45) is 4.03. The minimum atomic E-state index is -3.22. The van der Waals surface area contributed by atoms with Gasteiger partial charge in [0.1, 0.15) is 0 Å². The molecule has 0 aliphatic rings. The first-order chi connectivity index (χ1) is 12.6. The van der Waals surface area contributed by atoms with Gasteiger partial charge in [0.25, 0.3) is 0 Å². The van der Waals surface area contributed by atoms with Crippen molar-refractivity contribution < 1.29 is 13.2 Å². The summed E-state index contributed by atoms with van der Waals surface area (Å²) < 4.78 is 23.1. The number of nitrogens with one attached hydrogen (secondary N) is 1. The lowest BCUT2D eigenvalue weighted by Crippen LogP contribution is -2.27. The Morgan fingerprint density at radius 3 is 2.19 bits per heavy atom. The predicted octanol–water partition coefficient (Wildman–Crippen LogP) is 3.03. The molecule has 0 radical (unpaired) electrons. The maximum absolute atomic E-state index is 12.3. The van der Waals surface area contributed by atoms with Gasteiger partial charge in [-0.3, -0.25) is 4.79 Å². The van der Waals surface area contributed by atoms with E-state index in [9.17, 15) is 13.2 Å². The van der Waals surface area contributed by atoms with E-state index < -0.39 is 9.84 Å². The van der Waals surface area contributed by atoms with E-state index >= 15 is 0 Å². The first kappa shape index (κ1) is 21.4. The number of rotatable bonds is 7. The van der Waals surface area contributed by atoms with Gasteiger partial charge < -0.3 is 5.32 Å². The second kappa shape index (κ2) is 8.84. The van der Waals surface area contributed by atoms with E-state index in [0.29, 0.717) is 12.8 Å². The van der Waals surface area contributed by atoms with Crippen LogP contribution in [0.1, 0.15) is 41.9 Å². The number of thioether (sulfide) groups is 1. The second-order valence-electron chi connectivity index (χ2n) is 6.49. The van der Waals surface area contributed by atoms with E-state index in [1.54, 1.807) is 24.3 Å². The third kappa shape index (κ3) is 5.77. The van der Waals surface area contributed by atoms with Crippen LogP contribution in [0.25, 0.3) is 0 Å². The largest absolute Gasteiger partial charge is 0.350 e. The molecular weight excluding hydrogens is 382 g/mol. The fraction of sp³-hybridized carbons (Fsp3) is 0.421. The molecule has 1 atom stereocenters. The molecule has 8 heteroatoms. The zero-order chi connectivity index (χ0) is 20.2. The number of amides is 1. The quantitative estimate of drug-likeness (QED) is 0.561. The third-order valence-electron chi connectivity index (χ3n) is 4.37. The Morgan fingerprint density at radius 1 is 1.15 bits per heavy atom. The molecule has 1 aromatic heterocycles. The van der Waals surface area contributed by atoms with Crippen molar-refractivity contribution in [3.05, 3.63) is 46.8 Å². The minimum absolute atomic E-state index is 0.0672. The number of carbonyl (C=O) groups excluding carboxylic acids is 1. The summed E-state index contributed by atoms with van der Waals surface area (Å²) >= 11 is 1.50. The van der Waals surface area contributed by atoms with Crippen molar-refractivity contribution in [3.8, 4) is 0 Å². The van der Waals surface area contributed by atoms with E-state index in [1.165, 1.54) is 18.0 Å². The lowest BCUT2D eigenvalue weighted by Gasteiger charge is -2.15. The van der Waals surface area contributed by atoms with Gasteiger partial charge in [-0.25, -0.2) is 18.4 Å². The summed E-state index contributed by atoms with van der Waals surface area (Å²) in [6.45, 7) is 5.75. The van der Waals surface area contributed by atoms with Crippen molar-refractivity contribution in [1.29, 1.82) is 0 Å². The van der Waals surface area contributed by atoms with Crippen LogP contribution in [0, 0.1) is 13.8 Å². The SMILES string of the molecule is CSc1nc(C)c(CCC(=O)N[C@H](C)c2ccc(S(C)(=O)=O)cc2)c(C)n1. The molecule has 0 aliphatic carbocycles. The Morgan fingerprint density at radius 2 is 1.70 bits per heavy atom. The normalized spacial score (nSPS) is 12.6. The fourth-order valence-electron chi connectivity index (χ4n) is 2.80. The molecule has 1 amide bonds. The van der Waals surface area contributed by atoms with Gasteiger partial charge in [0.05, 0.1) is 10.9 Å². The van der Waals surface area contributed by atoms with Crippen molar-refractivity contribution in [2.45, 2.75) is 49.7 Å². The molecule has 0 spiro atoms. The molecule has 2 aromatic rings. The molecule has 146 valence electrons. The van der Waals surface area contributed by atoms with E-state index in [-0.39, 0.29) is 16.8 Å². The maximum Gasteiger partial charge on any atom is 0.220 e. The predicted molar refractivity (Wildman–Crippen MR) is 108 cm³/mol. The molecule has 0 fully saturated rings. The number of hydrogen-bond donors (Lipinski definition) is 1. The number of aryl methyl sites for hydroxylation is 2. The highest BCUT2D eigenvalue weighted by Gasteiger charge is 2.14. The van der Waals surface area contributed by atoms with E-state index in [2.05, 4.69) is 15.3 Å². The summed E-state index contributed by atoms with van der Waals surface area (Å²) in [5, 5.41) is 3.69. The number of benzene rings is 1. The van der Waals surface area contributed by atoms with E-state index in [4.69, 9.17) is 0 Å². The zero-order valence-corrected chi connectivity index (χ0v) is 17.9. The van der Waals surface area contributed by atoms with Crippen LogP contribution in [0.3, 0.4) is 0 Å². The van der Waals surface area contributed by atoms with Crippen LogP contribution in [0.4, 0.5) is 0 Å². The highest BCUT2D eigenvalue weighted by Crippen LogP contribution is 2.19. The van der Waals surface area contributed by atoms with Crippen molar-refractivity contribution in [2.24, 2.45) is 0 Å². The Kier molecular flexibility index (Phi) is 7.00. The Hall–Kier alpha value is -1.93. The van der Waals surface area contributed by atoms with Gasteiger partial charge in [0, 0.05) is 24.1 Å². The van der Waals surface area contributed by atoms with Gasteiger partial charge in [0.2, 0.25) is 5.91 Å². The average Bonchev–Trinajstić information content (AvgIpc) is 2.60. The smallest absolute Gasteiger partial charge is 0.220 e. The number of carbonyl (C=O) groups is 1. The second-order valence-corrected chi connectivity index (χ2v) is 9.28. The summed E-state index contributed by atoms with van der Waals surface area (Å²) in [6, 6.07) is 6.37. The summed E-state index contributed by atoms with van der Waals surface area (Å²) in [7, 11) is -3.22. The van der Waals surface area contributed by atoms with E-state index in [1.807, 2.05) is 27.0 Å². The molecule has 0 aliphatic heterocycles. The molecule has 27 heavy (non-hydrogen) atoms. The molecular formula is C19H25N3O3S2. The molecule has 6 nitrogen and oxygen atoms in total. The molecule has 1 aromatic carbocycles. The molecule has 2 rings (SSSR count). The van der Waals surface area contributed by atoms with Crippen LogP contribution >= 0.6 is 11.8 Å². The van der Waals surface area contributed by atoms with Crippen molar-refractivity contribution >= 4 is 27.5 Å². The van der Waals surface area contributed by atoms with Gasteiger partial charge in [-0.1, -0.05) is 23.9 Å². The highest BCUT2D eigenvalue weighted by molar-refractivity contribution is 7.98. The number of hydrogen-bond acceptors (Lipinski definition) is 6. The molecule has 0 saturated carbocycles. The molecule has 1 N–H and O–H groups in total. The van der Waals surface area contributed by atoms with E-state index in [0.717, 1.165) is 27.7 Å².